The average molecular weight is 475 g/mol. The third kappa shape index (κ3) is 9.20. The zero-order chi connectivity index (χ0) is 23.3. The molecule has 0 saturated carbocycles. The third-order valence-electron chi connectivity index (χ3n) is 4.03. The first-order valence-corrected chi connectivity index (χ1v) is 11.5. The number of benzene rings is 2. The molecule has 0 aliphatic rings. The van der Waals surface area contributed by atoms with Crippen LogP contribution in [0.4, 0.5) is 0 Å². The van der Waals surface area contributed by atoms with Gasteiger partial charge >= 0.3 is 17.9 Å². The molecule has 2 aromatic rings. The number of hydrogen-bond acceptors (Lipinski definition) is 8. The van der Waals surface area contributed by atoms with E-state index >= 15 is 0 Å². The third-order valence-corrected chi connectivity index (χ3v) is 4.48. The monoisotopic (exact) mass is 474 g/mol. The highest BCUT2D eigenvalue weighted by atomic mass is 32.1. The molecule has 0 heterocycles. The van der Waals surface area contributed by atoms with E-state index in [1.807, 2.05) is 13.0 Å². The Morgan fingerprint density at radius 1 is 0.688 bits per heavy atom. The Morgan fingerprint density at radius 2 is 1.16 bits per heavy atom. The van der Waals surface area contributed by atoms with E-state index in [1.54, 1.807) is 42.5 Å². The highest BCUT2D eigenvalue weighted by molar-refractivity contribution is 7.80. The normalized spacial score (nSPS) is 10.7. The van der Waals surface area contributed by atoms with E-state index < -0.39 is 5.97 Å². The van der Waals surface area contributed by atoms with Crippen LogP contribution in [0.1, 0.15) is 43.7 Å². The molecule has 32 heavy (non-hydrogen) atoms. The quantitative estimate of drug-likeness (QED) is 0.206. The molecule has 0 N–H and O–H groups in total. The number of ether oxygens (including phenoxy) is 3. The summed E-state index contributed by atoms with van der Waals surface area (Å²) in [5, 5.41) is 0. The summed E-state index contributed by atoms with van der Waals surface area (Å²) in [6, 6.07) is 11.9. The van der Waals surface area contributed by atoms with Crippen molar-refractivity contribution in [3.63, 3.8) is 0 Å². The van der Waals surface area contributed by atoms with Gasteiger partial charge in [0.2, 0.25) is 0 Å². The summed E-state index contributed by atoms with van der Waals surface area (Å²) in [5.74, 6) is 0.722. The van der Waals surface area contributed by atoms with Crippen molar-refractivity contribution in [1.82, 2.24) is 0 Å². The van der Waals surface area contributed by atoms with Crippen molar-refractivity contribution in [2.75, 3.05) is 11.5 Å². The minimum absolute atomic E-state index is 0.166. The topological polar surface area (TPSA) is 78.9 Å². The second-order valence-electron chi connectivity index (χ2n) is 6.76. The van der Waals surface area contributed by atoms with Gasteiger partial charge in [-0.25, -0.2) is 0 Å². The molecule has 0 saturated heterocycles. The van der Waals surface area contributed by atoms with Crippen LogP contribution in [0.3, 0.4) is 0 Å². The summed E-state index contributed by atoms with van der Waals surface area (Å²) >= 11 is 8.04. The number of carbonyl (C=O) groups excluding carboxylic acids is 3. The molecule has 0 aliphatic heterocycles. The lowest BCUT2D eigenvalue weighted by Crippen LogP contribution is -2.10. The summed E-state index contributed by atoms with van der Waals surface area (Å²) in [5.41, 5.74) is 1.55. The van der Waals surface area contributed by atoms with Crippen LogP contribution in [0.15, 0.2) is 42.5 Å². The van der Waals surface area contributed by atoms with Crippen molar-refractivity contribution in [2.24, 2.45) is 0 Å². The first-order valence-electron chi connectivity index (χ1n) is 10.2. The van der Waals surface area contributed by atoms with Crippen molar-refractivity contribution in [3.8, 4) is 17.2 Å². The highest BCUT2D eigenvalue weighted by Crippen LogP contribution is 2.26. The van der Waals surface area contributed by atoms with E-state index in [-0.39, 0.29) is 30.5 Å². The SMILES string of the molecule is CCCC(=O)Oc1cc(/C=C/c2ccc(OC(=O)CCS)cc2)cc(OC(=O)CCS)c1. The maximum atomic E-state index is 11.9. The Labute approximate surface area is 198 Å². The van der Waals surface area contributed by atoms with Crippen LogP contribution < -0.4 is 14.2 Å². The van der Waals surface area contributed by atoms with Crippen LogP contribution in [0, 0.1) is 0 Å². The molecule has 0 aliphatic carbocycles. The van der Waals surface area contributed by atoms with Gasteiger partial charge in [0.25, 0.3) is 0 Å². The first kappa shape index (κ1) is 25.5. The molecule has 0 radical (unpaired) electrons. The second kappa shape index (κ2) is 13.6. The summed E-state index contributed by atoms with van der Waals surface area (Å²) in [4.78, 5) is 35.3. The molecule has 0 amide bonds. The molecule has 170 valence electrons. The van der Waals surface area contributed by atoms with Crippen molar-refractivity contribution in [1.29, 1.82) is 0 Å². The number of hydrogen-bond donors (Lipinski definition) is 2. The predicted molar refractivity (Wildman–Crippen MR) is 131 cm³/mol. The summed E-state index contributed by atoms with van der Waals surface area (Å²) in [6.07, 6.45) is 5.01. The van der Waals surface area contributed by atoms with Crippen molar-refractivity contribution in [2.45, 2.75) is 32.6 Å². The molecule has 0 aromatic heterocycles. The van der Waals surface area contributed by atoms with E-state index in [2.05, 4.69) is 25.3 Å². The molecule has 0 spiro atoms. The minimum Gasteiger partial charge on any atom is -0.427 e. The largest absolute Gasteiger partial charge is 0.427 e. The van der Waals surface area contributed by atoms with E-state index in [1.165, 1.54) is 6.07 Å². The van der Waals surface area contributed by atoms with Gasteiger partial charge in [-0.05, 0) is 41.8 Å². The molecular formula is C24H26O6S2. The maximum absolute atomic E-state index is 11.9. The average Bonchev–Trinajstić information content (AvgIpc) is 2.73. The fourth-order valence-corrected chi connectivity index (χ4v) is 2.95. The first-order chi connectivity index (χ1) is 15.4. The lowest BCUT2D eigenvalue weighted by atomic mass is 10.1. The van der Waals surface area contributed by atoms with Gasteiger partial charge < -0.3 is 14.2 Å². The molecule has 2 rings (SSSR count). The molecule has 0 atom stereocenters. The Kier molecular flexibility index (Phi) is 10.9. The number of esters is 3. The molecule has 0 unspecified atom stereocenters. The number of carbonyl (C=O) groups is 3. The van der Waals surface area contributed by atoms with Crippen molar-refractivity contribution in [3.05, 3.63) is 53.6 Å². The smallest absolute Gasteiger partial charge is 0.312 e. The maximum Gasteiger partial charge on any atom is 0.312 e. The van der Waals surface area contributed by atoms with Gasteiger partial charge in [0.15, 0.2) is 0 Å². The Hall–Kier alpha value is -2.71. The zero-order valence-electron chi connectivity index (χ0n) is 17.8. The summed E-state index contributed by atoms with van der Waals surface area (Å²) < 4.78 is 15.9. The fraction of sp³-hybridized carbons (Fsp3) is 0.292. The lowest BCUT2D eigenvalue weighted by molar-refractivity contribution is -0.135. The van der Waals surface area contributed by atoms with Gasteiger partial charge in [-0.2, -0.15) is 25.3 Å². The van der Waals surface area contributed by atoms with Crippen molar-refractivity contribution >= 4 is 55.3 Å². The summed E-state index contributed by atoms with van der Waals surface area (Å²) in [6.45, 7) is 1.89. The zero-order valence-corrected chi connectivity index (χ0v) is 19.6. The molecule has 8 heteroatoms. The van der Waals surface area contributed by atoms with Crippen molar-refractivity contribution < 1.29 is 28.6 Å². The van der Waals surface area contributed by atoms with E-state index in [9.17, 15) is 14.4 Å². The Bertz CT molecular complexity index is 915. The van der Waals surface area contributed by atoms with Crippen LogP contribution in [0.25, 0.3) is 12.2 Å². The Balaban J connectivity index is 2.18. The van der Waals surface area contributed by atoms with Crippen LogP contribution in [0.5, 0.6) is 17.2 Å². The van der Waals surface area contributed by atoms with Gasteiger partial charge in [-0.15, -0.1) is 0 Å². The molecular weight excluding hydrogens is 448 g/mol. The predicted octanol–water partition coefficient (Wildman–Crippen LogP) is 5.01. The molecule has 2 aromatic carbocycles. The van der Waals surface area contributed by atoms with Gasteiger partial charge in [-0.1, -0.05) is 31.2 Å². The van der Waals surface area contributed by atoms with Crippen LogP contribution in [-0.2, 0) is 14.4 Å². The van der Waals surface area contributed by atoms with Gasteiger partial charge in [0.1, 0.15) is 17.2 Å². The van der Waals surface area contributed by atoms with Gasteiger partial charge in [0.05, 0.1) is 12.8 Å². The van der Waals surface area contributed by atoms with E-state index in [0.717, 1.165) is 5.56 Å². The van der Waals surface area contributed by atoms with Crippen LogP contribution >= 0.6 is 25.3 Å². The highest BCUT2D eigenvalue weighted by Gasteiger charge is 2.10. The summed E-state index contributed by atoms with van der Waals surface area (Å²) in [7, 11) is 0. The minimum atomic E-state index is -0.421. The van der Waals surface area contributed by atoms with Gasteiger partial charge in [-0.3, -0.25) is 14.4 Å². The Morgan fingerprint density at radius 3 is 1.66 bits per heavy atom. The number of thiol groups is 2. The second-order valence-corrected chi connectivity index (χ2v) is 7.65. The van der Waals surface area contributed by atoms with Gasteiger partial charge in [0, 0.05) is 24.0 Å². The van der Waals surface area contributed by atoms with Crippen LogP contribution in [-0.4, -0.2) is 29.4 Å². The number of rotatable bonds is 11. The fourth-order valence-electron chi connectivity index (χ4n) is 2.58. The molecule has 6 nitrogen and oxygen atoms in total. The molecule has 0 bridgehead atoms. The van der Waals surface area contributed by atoms with E-state index in [0.29, 0.717) is 41.4 Å². The van der Waals surface area contributed by atoms with E-state index in [4.69, 9.17) is 14.2 Å². The standard InChI is InChI=1S/C24H26O6S2/c1-2-3-22(25)29-20-14-18(15-21(16-20)30-24(27)11-13-32)5-4-17-6-8-19(9-7-17)28-23(26)10-12-31/h4-9,14-16,31-32H,2-3,10-13H2,1H3/b5-4+. The van der Waals surface area contributed by atoms with Crippen LogP contribution in [0.2, 0.25) is 0 Å². The lowest BCUT2D eigenvalue weighted by Gasteiger charge is -2.09. The molecule has 0 fully saturated rings.